The number of rotatable bonds is 6. The number of carbonyl (C=O) groups is 1. The van der Waals surface area contributed by atoms with Crippen LogP contribution in [0.5, 0.6) is 0 Å². The molecule has 1 amide bonds. The zero-order chi connectivity index (χ0) is 20.1. The summed E-state index contributed by atoms with van der Waals surface area (Å²) in [5.74, 6) is -0.249. The fourth-order valence-corrected chi connectivity index (χ4v) is 3.39. The van der Waals surface area contributed by atoms with Crippen molar-refractivity contribution in [1.29, 1.82) is 0 Å². The second kappa shape index (κ2) is 8.43. The SMILES string of the molecule is Cc1ccc(NCC(=O)Nc2ncc(Cc3cccc(C(F)(F)F)c3)s2)cc1. The van der Waals surface area contributed by atoms with E-state index in [-0.39, 0.29) is 12.5 Å². The van der Waals surface area contributed by atoms with Crippen LogP contribution in [0.4, 0.5) is 24.0 Å². The van der Waals surface area contributed by atoms with E-state index >= 15 is 0 Å². The number of anilines is 2. The van der Waals surface area contributed by atoms with E-state index in [0.717, 1.165) is 28.3 Å². The molecule has 0 aliphatic rings. The predicted molar refractivity (Wildman–Crippen MR) is 105 cm³/mol. The largest absolute Gasteiger partial charge is 0.416 e. The molecule has 0 atom stereocenters. The first-order valence-electron chi connectivity index (χ1n) is 8.51. The van der Waals surface area contributed by atoms with Gasteiger partial charge in [0.25, 0.3) is 0 Å². The molecule has 0 spiro atoms. The van der Waals surface area contributed by atoms with Gasteiger partial charge >= 0.3 is 6.18 Å². The van der Waals surface area contributed by atoms with Crippen molar-refractivity contribution < 1.29 is 18.0 Å². The van der Waals surface area contributed by atoms with E-state index in [1.807, 2.05) is 31.2 Å². The molecule has 0 fully saturated rings. The molecule has 2 aromatic carbocycles. The number of nitrogens with one attached hydrogen (secondary N) is 2. The third-order valence-electron chi connectivity index (χ3n) is 3.94. The lowest BCUT2D eigenvalue weighted by Crippen LogP contribution is -2.21. The molecule has 2 N–H and O–H groups in total. The minimum Gasteiger partial charge on any atom is -0.376 e. The highest BCUT2D eigenvalue weighted by Gasteiger charge is 2.30. The third-order valence-corrected chi connectivity index (χ3v) is 4.85. The van der Waals surface area contributed by atoms with E-state index < -0.39 is 11.7 Å². The van der Waals surface area contributed by atoms with Crippen molar-refractivity contribution in [2.45, 2.75) is 19.5 Å². The van der Waals surface area contributed by atoms with Gasteiger partial charge in [0.15, 0.2) is 5.13 Å². The summed E-state index contributed by atoms with van der Waals surface area (Å²) in [4.78, 5) is 16.9. The van der Waals surface area contributed by atoms with Gasteiger partial charge in [-0.25, -0.2) is 4.98 Å². The maximum Gasteiger partial charge on any atom is 0.416 e. The van der Waals surface area contributed by atoms with Gasteiger partial charge in [0.2, 0.25) is 5.91 Å². The number of halogens is 3. The van der Waals surface area contributed by atoms with Gasteiger partial charge in [0.1, 0.15) is 0 Å². The van der Waals surface area contributed by atoms with E-state index in [9.17, 15) is 18.0 Å². The van der Waals surface area contributed by atoms with E-state index in [1.165, 1.54) is 17.4 Å². The number of thiazole rings is 1. The molecule has 0 unspecified atom stereocenters. The lowest BCUT2D eigenvalue weighted by atomic mass is 10.1. The summed E-state index contributed by atoms with van der Waals surface area (Å²) in [6, 6.07) is 12.9. The first-order chi connectivity index (χ1) is 13.3. The molecule has 1 heterocycles. The molecule has 0 aliphatic carbocycles. The highest BCUT2D eigenvalue weighted by molar-refractivity contribution is 7.15. The molecule has 0 saturated carbocycles. The standard InChI is InChI=1S/C20H18F3N3OS/c1-13-5-7-16(8-6-13)24-12-18(27)26-19-25-11-17(28-19)10-14-3-2-4-15(9-14)20(21,22)23/h2-9,11,24H,10,12H2,1H3,(H,25,26,27). The number of amides is 1. The highest BCUT2D eigenvalue weighted by Crippen LogP contribution is 2.30. The molecule has 28 heavy (non-hydrogen) atoms. The van der Waals surface area contributed by atoms with Crippen LogP contribution < -0.4 is 10.6 Å². The number of carbonyl (C=O) groups excluding carboxylic acids is 1. The molecule has 3 rings (SSSR count). The number of benzene rings is 2. The van der Waals surface area contributed by atoms with Crippen molar-refractivity contribution in [2.75, 3.05) is 17.2 Å². The first-order valence-corrected chi connectivity index (χ1v) is 9.32. The zero-order valence-electron chi connectivity index (χ0n) is 15.0. The molecule has 8 heteroatoms. The number of alkyl halides is 3. The fraction of sp³-hybridized carbons (Fsp3) is 0.200. The van der Waals surface area contributed by atoms with Crippen molar-refractivity contribution in [1.82, 2.24) is 4.98 Å². The second-order valence-corrected chi connectivity index (χ2v) is 7.39. The zero-order valence-corrected chi connectivity index (χ0v) is 15.8. The van der Waals surface area contributed by atoms with Gasteiger partial charge in [-0.2, -0.15) is 13.2 Å². The van der Waals surface area contributed by atoms with Crippen LogP contribution in [0.15, 0.2) is 54.7 Å². The Labute approximate surface area is 164 Å². The fourth-order valence-electron chi connectivity index (χ4n) is 2.52. The Hall–Kier alpha value is -2.87. The summed E-state index contributed by atoms with van der Waals surface area (Å²) < 4.78 is 38.4. The van der Waals surface area contributed by atoms with Crippen LogP contribution in [-0.4, -0.2) is 17.4 Å². The first kappa shape index (κ1) is 19.9. The number of hydrogen-bond donors (Lipinski definition) is 2. The quantitative estimate of drug-likeness (QED) is 0.599. The summed E-state index contributed by atoms with van der Waals surface area (Å²) in [5, 5.41) is 6.12. The lowest BCUT2D eigenvalue weighted by Gasteiger charge is -2.08. The normalized spacial score (nSPS) is 11.3. The van der Waals surface area contributed by atoms with Gasteiger partial charge in [0.05, 0.1) is 12.1 Å². The van der Waals surface area contributed by atoms with Crippen molar-refractivity contribution in [2.24, 2.45) is 0 Å². The van der Waals surface area contributed by atoms with Gasteiger partial charge in [-0.05, 0) is 30.7 Å². The van der Waals surface area contributed by atoms with Gasteiger partial charge in [-0.3, -0.25) is 4.79 Å². The predicted octanol–water partition coefficient (Wildman–Crippen LogP) is 5.11. The van der Waals surface area contributed by atoms with Gasteiger partial charge < -0.3 is 10.6 Å². The van der Waals surface area contributed by atoms with Crippen LogP contribution >= 0.6 is 11.3 Å². The molecule has 1 aromatic heterocycles. The van der Waals surface area contributed by atoms with E-state index in [0.29, 0.717) is 17.1 Å². The van der Waals surface area contributed by atoms with E-state index in [1.54, 1.807) is 12.3 Å². The van der Waals surface area contributed by atoms with Crippen LogP contribution in [-0.2, 0) is 17.4 Å². The maximum absolute atomic E-state index is 12.8. The van der Waals surface area contributed by atoms with Crippen molar-refractivity contribution in [3.8, 4) is 0 Å². The Morgan fingerprint density at radius 3 is 2.61 bits per heavy atom. The molecular formula is C20H18F3N3OS. The maximum atomic E-state index is 12.8. The average Bonchev–Trinajstić information content (AvgIpc) is 3.07. The van der Waals surface area contributed by atoms with Crippen molar-refractivity contribution >= 4 is 28.1 Å². The van der Waals surface area contributed by atoms with Crippen LogP contribution in [0.1, 0.15) is 21.6 Å². The van der Waals surface area contributed by atoms with Crippen LogP contribution in [0, 0.1) is 6.92 Å². The molecular weight excluding hydrogens is 387 g/mol. The Kier molecular flexibility index (Phi) is 5.99. The summed E-state index contributed by atoms with van der Waals surface area (Å²) >= 11 is 1.24. The molecule has 3 aromatic rings. The molecule has 0 saturated heterocycles. The Bertz CT molecular complexity index is 952. The molecule has 146 valence electrons. The van der Waals surface area contributed by atoms with Crippen molar-refractivity contribution in [3.05, 3.63) is 76.3 Å². The topological polar surface area (TPSA) is 54.0 Å². The van der Waals surface area contributed by atoms with Crippen molar-refractivity contribution in [3.63, 3.8) is 0 Å². The molecule has 0 aliphatic heterocycles. The van der Waals surface area contributed by atoms with E-state index in [2.05, 4.69) is 15.6 Å². The number of hydrogen-bond acceptors (Lipinski definition) is 4. The Morgan fingerprint density at radius 1 is 1.14 bits per heavy atom. The number of aryl methyl sites for hydroxylation is 1. The minimum absolute atomic E-state index is 0.0889. The Morgan fingerprint density at radius 2 is 1.89 bits per heavy atom. The summed E-state index contributed by atoms with van der Waals surface area (Å²) in [7, 11) is 0. The monoisotopic (exact) mass is 405 g/mol. The van der Waals surface area contributed by atoms with E-state index in [4.69, 9.17) is 0 Å². The van der Waals surface area contributed by atoms with Gasteiger partial charge in [-0.15, -0.1) is 11.3 Å². The van der Waals surface area contributed by atoms with Crippen LogP contribution in [0.2, 0.25) is 0 Å². The van der Waals surface area contributed by atoms with Crippen LogP contribution in [0.25, 0.3) is 0 Å². The summed E-state index contributed by atoms with van der Waals surface area (Å²) in [6.07, 6.45) is -2.49. The second-order valence-electron chi connectivity index (χ2n) is 6.27. The van der Waals surface area contributed by atoms with Crippen LogP contribution in [0.3, 0.4) is 0 Å². The number of nitrogens with zero attached hydrogens (tertiary/aromatic N) is 1. The van der Waals surface area contributed by atoms with Gasteiger partial charge in [-0.1, -0.05) is 35.9 Å². The minimum atomic E-state index is -4.37. The Balaban J connectivity index is 1.55. The van der Waals surface area contributed by atoms with Gasteiger partial charge in [0, 0.05) is 23.2 Å². The summed E-state index contributed by atoms with van der Waals surface area (Å²) in [6.45, 7) is 2.07. The molecule has 4 nitrogen and oxygen atoms in total. The third kappa shape index (κ3) is 5.56. The summed E-state index contributed by atoms with van der Waals surface area (Å²) in [5.41, 5.74) is 1.83. The number of aromatic nitrogens is 1. The molecule has 0 radical (unpaired) electrons. The lowest BCUT2D eigenvalue weighted by molar-refractivity contribution is -0.137. The average molecular weight is 405 g/mol. The smallest absolute Gasteiger partial charge is 0.376 e. The molecule has 0 bridgehead atoms. The highest BCUT2D eigenvalue weighted by atomic mass is 32.1.